The van der Waals surface area contributed by atoms with E-state index in [9.17, 15) is 14.4 Å². The minimum atomic E-state index is -1.03. The summed E-state index contributed by atoms with van der Waals surface area (Å²) in [5.74, 6) is -1.66. The van der Waals surface area contributed by atoms with Crippen LogP contribution in [0.15, 0.2) is 0 Å². The largest absolute Gasteiger partial charge is 0.481 e. The highest BCUT2D eigenvalue weighted by Crippen LogP contribution is 2.00. The first kappa shape index (κ1) is 15.6. The van der Waals surface area contributed by atoms with E-state index in [1.54, 1.807) is 0 Å². The number of rotatable bonds is 9. The van der Waals surface area contributed by atoms with Gasteiger partial charge in [0.25, 0.3) is 0 Å². The Hall–Kier alpha value is -1.43. The number of aliphatic carboxylic acids is 1. The van der Waals surface area contributed by atoms with Crippen LogP contribution in [0.5, 0.6) is 0 Å². The Morgan fingerprint density at radius 2 is 1.88 bits per heavy atom. The number of Topliss-reactive ketones (excluding diaryl/α,β-unsaturated/α-hetero) is 1. The van der Waals surface area contributed by atoms with Gasteiger partial charge in [0.2, 0.25) is 0 Å². The lowest BCUT2D eigenvalue weighted by Crippen LogP contribution is -2.32. The first-order valence-corrected chi connectivity index (χ1v) is 5.63. The lowest BCUT2D eigenvalue weighted by molar-refractivity contribution is -0.144. The Labute approximate surface area is 100 Å². The molecule has 0 bridgehead atoms. The lowest BCUT2D eigenvalue weighted by atomic mass is 10.1. The van der Waals surface area contributed by atoms with Gasteiger partial charge in [0, 0.05) is 19.3 Å². The van der Waals surface area contributed by atoms with E-state index in [2.05, 4.69) is 0 Å². The van der Waals surface area contributed by atoms with Crippen LogP contribution in [0.25, 0.3) is 0 Å². The molecule has 0 amide bonds. The first-order chi connectivity index (χ1) is 7.97. The van der Waals surface area contributed by atoms with Crippen LogP contribution in [-0.4, -0.2) is 35.5 Å². The van der Waals surface area contributed by atoms with Gasteiger partial charge in [-0.25, -0.2) is 0 Å². The molecule has 98 valence electrons. The number of nitrogens with two attached hydrogens (primary N) is 1. The third kappa shape index (κ3) is 8.38. The molecule has 0 saturated heterocycles. The van der Waals surface area contributed by atoms with E-state index in [0.717, 1.165) is 0 Å². The molecule has 0 aliphatic carbocycles. The molecule has 0 saturated carbocycles. The molecule has 0 aromatic rings. The van der Waals surface area contributed by atoms with E-state index in [4.69, 9.17) is 15.6 Å². The number of hydrogen-bond donors (Lipinski definition) is 2. The maximum Gasteiger partial charge on any atom is 0.305 e. The number of carbonyl (C=O) groups is 3. The van der Waals surface area contributed by atoms with E-state index < -0.39 is 12.0 Å². The Kier molecular flexibility index (Phi) is 7.96. The van der Waals surface area contributed by atoms with Crippen LogP contribution in [0.2, 0.25) is 0 Å². The van der Waals surface area contributed by atoms with Crippen LogP contribution in [0, 0.1) is 0 Å². The van der Waals surface area contributed by atoms with Crippen molar-refractivity contribution in [3.63, 3.8) is 0 Å². The number of ether oxygens (including phenoxy) is 1. The Balaban J connectivity index is 3.70. The molecule has 0 aromatic carbocycles. The van der Waals surface area contributed by atoms with Crippen LogP contribution >= 0.6 is 0 Å². The number of carboxylic acid groups (broad SMARTS) is 1. The summed E-state index contributed by atoms with van der Waals surface area (Å²) in [5, 5.41) is 8.39. The van der Waals surface area contributed by atoms with Crippen molar-refractivity contribution in [2.45, 2.75) is 45.1 Å². The Morgan fingerprint density at radius 1 is 1.24 bits per heavy atom. The number of carboxylic acids is 1. The summed E-state index contributed by atoms with van der Waals surface area (Å²) in [7, 11) is 0. The molecule has 1 unspecified atom stereocenters. The maximum absolute atomic E-state index is 11.3. The average Bonchev–Trinajstić information content (AvgIpc) is 2.25. The summed E-state index contributed by atoms with van der Waals surface area (Å²) in [6.07, 6.45) is 0.986. The predicted molar refractivity (Wildman–Crippen MR) is 60.3 cm³/mol. The summed E-state index contributed by atoms with van der Waals surface area (Å²) in [5.41, 5.74) is 5.53. The molecular weight excluding hydrogens is 226 g/mol. The highest BCUT2D eigenvalue weighted by Gasteiger charge is 2.15. The van der Waals surface area contributed by atoms with Gasteiger partial charge in [-0.1, -0.05) is 6.92 Å². The predicted octanol–water partition coefficient (Wildman–Crippen LogP) is 0.481. The van der Waals surface area contributed by atoms with Gasteiger partial charge in [-0.3, -0.25) is 14.4 Å². The number of hydrogen-bond acceptors (Lipinski definition) is 5. The van der Waals surface area contributed by atoms with Crippen molar-refractivity contribution in [1.29, 1.82) is 0 Å². The molecule has 0 aliphatic rings. The fraction of sp³-hybridized carbons (Fsp3) is 0.727. The van der Waals surface area contributed by atoms with Crippen molar-refractivity contribution in [2.75, 3.05) is 6.61 Å². The quantitative estimate of drug-likeness (QED) is 0.572. The third-order valence-corrected chi connectivity index (χ3v) is 2.14. The van der Waals surface area contributed by atoms with Gasteiger partial charge in [0.15, 0.2) is 0 Å². The van der Waals surface area contributed by atoms with Gasteiger partial charge in [0.1, 0.15) is 5.78 Å². The highest BCUT2D eigenvalue weighted by molar-refractivity contribution is 5.86. The van der Waals surface area contributed by atoms with Crippen molar-refractivity contribution in [2.24, 2.45) is 5.73 Å². The van der Waals surface area contributed by atoms with Crippen molar-refractivity contribution >= 4 is 17.7 Å². The second-order valence-electron chi connectivity index (χ2n) is 3.73. The van der Waals surface area contributed by atoms with E-state index >= 15 is 0 Å². The van der Waals surface area contributed by atoms with Crippen LogP contribution in [0.3, 0.4) is 0 Å². The van der Waals surface area contributed by atoms with Crippen molar-refractivity contribution in [1.82, 2.24) is 0 Å². The first-order valence-electron chi connectivity index (χ1n) is 5.63. The van der Waals surface area contributed by atoms with E-state index in [0.29, 0.717) is 12.8 Å². The van der Waals surface area contributed by atoms with E-state index in [-0.39, 0.29) is 37.6 Å². The molecule has 6 nitrogen and oxygen atoms in total. The third-order valence-electron chi connectivity index (χ3n) is 2.14. The molecule has 0 heterocycles. The second-order valence-corrected chi connectivity index (χ2v) is 3.73. The molecule has 6 heteroatoms. The lowest BCUT2D eigenvalue weighted by Gasteiger charge is -2.10. The van der Waals surface area contributed by atoms with Gasteiger partial charge in [-0.05, 0) is 6.42 Å². The molecule has 0 rings (SSSR count). The van der Waals surface area contributed by atoms with Crippen LogP contribution < -0.4 is 5.73 Å². The molecule has 0 aromatic heterocycles. The summed E-state index contributed by atoms with van der Waals surface area (Å²) in [6, 6.07) is -0.760. The number of esters is 1. The smallest absolute Gasteiger partial charge is 0.305 e. The van der Waals surface area contributed by atoms with Gasteiger partial charge < -0.3 is 15.6 Å². The fourth-order valence-electron chi connectivity index (χ4n) is 1.15. The van der Waals surface area contributed by atoms with Crippen molar-refractivity contribution in [3.05, 3.63) is 0 Å². The summed E-state index contributed by atoms with van der Waals surface area (Å²) in [4.78, 5) is 32.5. The molecule has 3 N–H and O–H groups in total. The maximum atomic E-state index is 11.3. The Morgan fingerprint density at radius 3 is 2.41 bits per heavy atom. The van der Waals surface area contributed by atoms with Crippen molar-refractivity contribution in [3.8, 4) is 0 Å². The van der Waals surface area contributed by atoms with Crippen LogP contribution in [0.1, 0.15) is 39.0 Å². The van der Waals surface area contributed by atoms with E-state index in [1.165, 1.54) is 0 Å². The molecule has 0 fully saturated rings. The minimum absolute atomic E-state index is 0.0839. The fourth-order valence-corrected chi connectivity index (χ4v) is 1.15. The van der Waals surface area contributed by atoms with Gasteiger partial charge in [-0.15, -0.1) is 0 Å². The zero-order chi connectivity index (χ0) is 13.3. The topological polar surface area (TPSA) is 107 Å². The van der Waals surface area contributed by atoms with Crippen LogP contribution in [0.4, 0.5) is 0 Å². The molecule has 0 aliphatic heterocycles. The van der Waals surface area contributed by atoms with Gasteiger partial charge >= 0.3 is 11.9 Å². The molecule has 0 radical (unpaired) electrons. The second kappa shape index (κ2) is 8.69. The standard InChI is InChI=1S/C11H19NO5/c1-2-3-11(16)17-7-6-8(12)9(13)4-5-10(14)15/h8H,2-7,12H2,1H3,(H,14,15). The van der Waals surface area contributed by atoms with E-state index in [1.807, 2.05) is 6.92 Å². The SMILES string of the molecule is CCCC(=O)OCCC(N)C(=O)CCC(=O)O. The monoisotopic (exact) mass is 245 g/mol. The molecule has 1 atom stereocenters. The Bertz CT molecular complexity index is 277. The zero-order valence-electron chi connectivity index (χ0n) is 9.98. The normalized spacial score (nSPS) is 11.9. The van der Waals surface area contributed by atoms with Crippen molar-refractivity contribution < 1.29 is 24.2 Å². The molecule has 0 spiro atoms. The van der Waals surface area contributed by atoms with Gasteiger partial charge in [0.05, 0.1) is 19.1 Å². The molecular formula is C11H19NO5. The summed E-state index contributed by atoms with van der Waals surface area (Å²) >= 11 is 0. The zero-order valence-corrected chi connectivity index (χ0v) is 9.98. The summed E-state index contributed by atoms with van der Waals surface area (Å²) < 4.78 is 4.84. The number of ketones is 1. The van der Waals surface area contributed by atoms with Crippen LogP contribution in [-0.2, 0) is 19.1 Å². The number of carbonyl (C=O) groups excluding carboxylic acids is 2. The highest BCUT2D eigenvalue weighted by atomic mass is 16.5. The molecule has 17 heavy (non-hydrogen) atoms. The summed E-state index contributed by atoms with van der Waals surface area (Å²) in [6.45, 7) is 1.96. The average molecular weight is 245 g/mol. The minimum Gasteiger partial charge on any atom is -0.481 e. The van der Waals surface area contributed by atoms with Gasteiger partial charge in [-0.2, -0.15) is 0 Å².